The molecule has 2 aromatic carbocycles. The summed E-state index contributed by atoms with van der Waals surface area (Å²) < 4.78 is 23.0. The molecular formula is C31H34BN3O6. The van der Waals surface area contributed by atoms with Crippen LogP contribution in [0, 0.1) is 0 Å². The third-order valence-electron chi connectivity index (χ3n) is 8.05. The van der Waals surface area contributed by atoms with Crippen molar-refractivity contribution in [2.75, 3.05) is 26.0 Å². The molecule has 1 aliphatic carbocycles. The molecule has 1 fully saturated rings. The van der Waals surface area contributed by atoms with E-state index in [-0.39, 0.29) is 30.5 Å². The number of benzene rings is 2. The first-order chi connectivity index (χ1) is 19.5. The summed E-state index contributed by atoms with van der Waals surface area (Å²) in [7, 11) is 0.512. The molecule has 2 heterocycles. The molecule has 0 radical (unpaired) electrons. The lowest BCUT2D eigenvalue weighted by molar-refractivity contribution is 0.00578. The Morgan fingerprint density at radius 3 is 2.20 bits per heavy atom. The number of ether oxygens (including phenoxy) is 2. The minimum absolute atomic E-state index is 0.0510. The fraction of sp³-hybridized carbons (Fsp3) is 0.323. The van der Waals surface area contributed by atoms with E-state index >= 15 is 0 Å². The second-order valence-corrected chi connectivity index (χ2v) is 11.2. The number of fused-ring (bicyclic) bond motifs is 3. The minimum atomic E-state index is -0.782. The highest BCUT2D eigenvalue weighted by Crippen LogP contribution is 2.44. The van der Waals surface area contributed by atoms with Crippen molar-refractivity contribution in [1.29, 1.82) is 0 Å². The molecule has 5 rings (SSSR count). The third-order valence-corrected chi connectivity index (χ3v) is 8.05. The molecule has 0 saturated carbocycles. The Morgan fingerprint density at radius 2 is 1.61 bits per heavy atom. The molecule has 1 amide bonds. The zero-order valence-electron chi connectivity index (χ0n) is 23.9. The molecule has 212 valence electrons. The molecule has 1 saturated heterocycles. The summed E-state index contributed by atoms with van der Waals surface area (Å²) in [6.45, 7) is 8.01. The number of nitrogens with one attached hydrogen (secondary N) is 1. The lowest BCUT2D eigenvalue weighted by Gasteiger charge is -2.32. The first-order valence-corrected chi connectivity index (χ1v) is 13.5. The maximum absolute atomic E-state index is 13.0. The van der Waals surface area contributed by atoms with Gasteiger partial charge in [0.2, 0.25) is 0 Å². The van der Waals surface area contributed by atoms with E-state index < -0.39 is 30.4 Å². The highest BCUT2D eigenvalue weighted by atomic mass is 16.7. The van der Waals surface area contributed by atoms with Crippen LogP contribution in [0.2, 0.25) is 0 Å². The maximum Gasteiger partial charge on any atom is 0.492 e. The van der Waals surface area contributed by atoms with E-state index in [1.54, 1.807) is 12.1 Å². The Labute approximate surface area is 240 Å². The van der Waals surface area contributed by atoms with Crippen LogP contribution in [-0.2, 0) is 18.8 Å². The van der Waals surface area contributed by atoms with Gasteiger partial charge in [-0.05, 0) is 61.5 Å². The zero-order chi connectivity index (χ0) is 29.4. The lowest BCUT2D eigenvalue weighted by atomic mass is 9.77. The lowest BCUT2D eigenvalue weighted by Crippen LogP contribution is -2.41. The topological polar surface area (TPSA) is 122 Å². The monoisotopic (exact) mass is 555 g/mol. The van der Waals surface area contributed by atoms with Crippen LogP contribution < -0.4 is 11.1 Å². The average Bonchev–Trinajstić information content (AvgIpc) is 3.39. The van der Waals surface area contributed by atoms with Crippen LogP contribution >= 0.6 is 0 Å². The van der Waals surface area contributed by atoms with Crippen molar-refractivity contribution in [2.24, 2.45) is 0 Å². The number of rotatable bonds is 7. The fourth-order valence-corrected chi connectivity index (χ4v) is 5.06. The summed E-state index contributed by atoms with van der Waals surface area (Å²) in [4.78, 5) is 29.2. The van der Waals surface area contributed by atoms with E-state index in [0.717, 1.165) is 22.3 Å². The van der Waals surface area contributed by atoms with Gasteiger partial charge < -0.3 is 29.8 Å². The number of nitrogens with zero attached hydrogens (tertiary/aromatic N) is 1. The molecular weight excluding hydrogens is 521 g/mol. The van der Waals surface area contributed by atoms with Gasteiger partial charge in [-0.25, -0.2) is 14.6 Å². The van der Waals surface area contributed by atoms with Crippen LogP contribution in [0.1, 0.15) is 60.7 Å². The minimum Gasteiger partial charge on any atom is -0.465 e. The second kappa shape index (κ2) is 11.0. The van der Waals surface area contributed by atoms with Crippen LogP contribution in [-0.4, -0.2) is 55.6 Å². The van der Waals surface area contributed by atoms with Crippen LogP contribution in [0.5, 0.6) is 0 Å². The van der Waals surface area contributed by atoms with Crippen LogP contribution in [0.15, 0.2) is 66.3 Å². The number of alkyl carbamates (subject to hydrolysis) is 1. The molecule has 9 nitrogen and oxygen atoms in total. The van der Waals surface area contributed by atoms with E-state index in [0.29, 0.717) is 11.0 Å². The van der Waals surface area contributed by atoms with Crippen molar-refractivity contribution in [1.82, 2.24) is 10.3 Å². The molecule has 1 aromatic heterocycles. The summed E-state index contributed by atoms with van der Waals surface area (Å²) in [5.74, 6) is -0.396. The number of anilines is 1. The van der Waals surface area contributed by atoms with Crippen molar-refractivity contribution in [3.63, 3.8) is 0 Å². The number of methoxy groups -OCH3 is 1. The Morgan fingerprint density at radius 1 is 1.02 bits per heavy atom. The average molecular weight is 555 g/mol. The fourth-order valence-electron chi connectivity index (χ4n) is 5.06. The molecule has 41 heavy (non-hydrogen) atoms. The van der Waals surface area contributed by atoms with Gasteiger partial charge in [-0.2, -0.15) is 0 Å². The summed E-state index contributed by atoms with van der Waals surface area (Å²) in [6, 6.07) is 17.9. The van der Waals surface area contributed by atoms with Crippen molar-refractivity contribution < 1.29 is 28.4 Å². The number of aromatic nitrogens is 1. The van der Waals surface area contributed by atoms with E-state index in [9.17, 15) is 9.59 Å². The number of nitrogen functional groups attached to an aromatic ring is 1. The number of pyridine rings is 1. The quantitative estimate of drug-likeness (QED) is 0.309. The molecule has 0 atom stereocenters. The summed E-state index contributed by atoms with van der Waals surface area (Å²) in [6.07, 6.45) is 2.48. The van der Waals surface area contributed by atoms with E-state index in [4.69, 9.17) is 24.5 Å². The first kappa shape index (κ1) is 28.4. The second-order valence-electron chi connectivity index (χ2n) is 11.2. The smallest absolute Gasteiger partial charge is 0.465 e. The molecule has 0 spiro atoms. The molecule has 0 bridgehead atoms. The van der Waals surface area contributed by atoms with Gasteiger partial charge in [0.15, 0.2) is 0 Å². The van der Waals surface area contributed by atoms with Crippen molar-refractivity contribution in [3.05, 3.63) is 88.5 Å². The largest absolute Gasteiger partial charge is 0.492 e. The van der Waals surface area contributed by atoms with Crippen LogP contribution in [0.25, 0.3) is 17.2 Å². The Balaban J connectivity index is 1.34. The number of hydrogen-bond acceptors (Lipinski definition) is 8. The van der Waals surface area contributed by atoms with Crippen molar-refractivity contribution >= 4 is 31.1 Å². The van der Waals surface area contributed by atoms with E-state index in [2.05, 4.69) is 34.6 Å². The SMILES string of the molecule is COC(=O)c1cnc(N)c(C=C(CNC(=O)OCC2c3ccccc3-c3ccccc32)B2OC(C)(C)C(C)(C)O2)c1. The predicted octanol–water partition coefficient (Wildman–Crippen LogP) is 5.00. The van der Waals surface area contributed by atoms with Gasteiger partial charge in [0.25, 0.3) is 0 Å². The number of carbonyl (C=O) groups excluding carboxylic acids is 2. The highest BCUT2D eigenvalue weighted by Gasteiger charge is 2.52. The van der Waals surface area contributed by atoms with Gasteiger partial charge in [-0.15, -0.1) is 0 Å². The van der Waals surface area contributed by atoms with Gasteiger partial charge in [-0.1, -0.05) is 54.6 Å². The number of carbonyl (C=O) groups is 2. The van der Waals surface area contributed by atoms with Crippen molar-refractivity contribution in [3.8, 4) is 11.1 Å². The van der Waals surface area contributed by atoms with Crippen LogP contribution in [0.3, 0.4) is 0 Å². The van der Waals surface area contributed by atoms with Gasteiger partial charge in [0, 0.05) is 24.2 Å². The molecule has 10 heteroatoms. The normalized spacial score (nSPS) is 17.1. The van der Waals surface area contributed by atoms with Gasteiger partial charge >= 0.3 is 19.2 Å². The number of amides is 1. The highest BCUT2D eigenvalue weighted by molar-refractivity contribution is 6.56. The molecule has 0 unspecified atom stereocenters. The zero-order valence-corrected chi connectivity index (χ0v) is 23.9. The molecule has 3 aromatic rings. The summed E-state index contributed by atoms with van der Waals surface area (Å²) in [5.41, 5.74) is 10.8. The van der Waals surface area contributed by atoms with Crippen molar-refractivity contribution in [2.45, 2.75) is 44.8 Å². The first-order valence-electron chi connectivity index (χ1n) is 13.5. The standard InChI is InChI=1S/C31H34BN3O6/c1-30(2)31(3,4)41-32(40-30)21(15-19-14-20(28(36)38-5)16-34-27(19)33)17-35-29(37)39-18-26-24-12-8-6-10-22(24)23-11-7-9-13-25(23)26/h6-16,26H,17-18H2,1-5H3,(H2,33,34)(H,35,37). The number of nitrogens with two attached hydrogens (primary N) is 1. The molecule has 3 N–H and O–H groups in total. The van der Waals surface area contributed by atoms with Crippen LogP contribution in [0.4, 0.5) is 10.6 Å². The van der Waals surface area contributed by atoms with E-state index in [1.807, 2.05) is 52.0 Å². The number of hydrogen-bond donors (Lipinski definition) is 2. The van der Waals surface area contributed by atoms with Gasteiger partial charge in [0.1, 0.15) is 12.4 Å². The summed E-state index contributed by atoms with van der Waals surface area (Å²) >= 11 is 0. The Kier molecular flexibility index (Phi) is 7.63. The maximum atomic E-state index is 13.0. The number of esters is 1. The van der Waals surface area contributed by atoms with Gasteiger partial charge in [0.05, 0.1) is 23.9 Å². The molecule has 1 aliphatic heterocycles. The third kappa shape index (κ3) is 5.58. The molecule has 2 aliphatic rings. The van der Waals surface area contributed by atoms with Gasteiger partial charge in [-0.3, -0.25) is 0 Å². The predicted molar refractivity (Wildman–Crippen MR) is 157 cm³/mol. The summed E-state index contributed by atoms with van der Waals surface area (Å²) in [5, 5.41) is 2.83. The van der Waals surface area contributed by atoms with E-state index in [1.165, 1.54) is 13.3 Å². The Hall–Kier alpha value is -4.15. The Bertz CT molecular complexity index is 1460.